The normalized spacial score (nSPS) is 19.2. The molecule has 0 bridgehead atoms. The highest BCUT2D eigenvalue weighted by atomic mass is 19.1. The van der Waals surface area contributed by atoms with Crippen LogP contribution < -0.4 is 10.6 Å². The Morgan fingerprint density at radius 2 is 2.03 bits per heavy atom. The molecule has 2 heterocycles. The SMILES string of the molecule is CNC(=O)c1cc(CNCCCC2(F)CCCN(C(=O)O)C2)cc(C(C)c2ccccc2)n1. The van der Waals surface area contributed by atoms with Crippen LogP contribution in [0.2, 0.25) is 0 Å². The van der Waals surface area contributed by atoms with Crippen LogP contribution in [0.5, 0.6) is 0 Å². The maximum absolute atomic E-state index is 15.0. The van der Waals surface area contributed by atoms with Gasteiger partial charge in [-0.05, 0) is 55.5 Å². The zero-order valence-corrected chi connectivity index (χ0v) is 19.3. The second kappa shape index (κ2) is 11.2. The predicted molar refractivity (Wildman–Crippen MR) is 125 cm³/mol. The summed E-state index contributed by atoms with van der Waals surface area (Å²) in [5, 5.41) is 15.1. The van der Waals surface area contributed by atoms with Crippen molar-refractivity contribution in [3.63, 3.8) is 0 Å². The van der Waals surface area contributed by atoms with Crippen molar-refractivity contribution in [1.29, 1.82) is 0 Å². The van der Waals surface area contributed by atoms with E-state index in [0.717, 1.165) is 16.8 Å². The zero-order valence-electron chi connectivity index (χ0n) is 19.3. The fourth-order valence-electron chi connectivity index (χ4n) is 4.31. The summed E-state index contributed by atoms with van der Waals surface area (Å²) in [7, 11) is 1.58. The molecule has 0 radical (unpaired) electrons. The molecule has 2 atom stereocenters. The highest BCUT2D eigenvalue weighted by molar-refractivity contribution is 5.92. The van der Waals surface area contributed by atoms with Gasteiger partial charge in [0.25, 0.3) is 5.91 Å². The minimum atomic E-state index is -1.46. The summed E-state index contributed by atoms with van der Waals surface area (Å²) in [4.78, 5) is 29.2. The van der Waals surface area contributed by atoms with Crippen molar-refractivity contribution in [2.24, 2.45) is 0 Å². The summed E-state index contributed by atoms with van der Waals surface area (Å²) in [6, 6.07) is 13.8. The number of carbonyl (C=O) groups is 2. The molecule has 2 aromatic rings. The van der Waals surface area contributed by atoms with E-state index < -0.39 is 11.8 Å². The van der Waals surface area contributed by atoms with Crippen molar-refractivity contribution in [1.82, 2.24) is 20.5 Å². The average Bonchev–Trinajstić information content (AvgIpc) is 2.83. The lowest BCUT2D eigenvalue weighted by molar-refractivity contribution is 0.0379. The molecule has 0 spiro atoms. The Balaban J connectivity index is 1.59. The number of aromatic nitrogens is 1. The first-order valence-electron chi connectivity index (χ1n) is 11.5. The molecule has 8 heteroatoms. The van der Waals surface area contributed by atoms with Crippen LogP contribution in [0.15, 0.2) is 42.5 Å². The van der Waals surface area contributed by atoms with Gasteiger partial charge in [-0.3, -0.25) is 4.79 Å². The van der Waals surface area contributed by atoms with Crippen LogP contribution in [0, 0.1) is 0 Å². The smallest absolute Gasteiger partial charge is 0.407 e. The highest BCUT2D eigenvalue weighted by Gasteiger charge is 2.36. The van der Waals surface area contributed by atoms with Crippen molar-refractivity contribution in [2.45, 2.75) is 50.7 Å². The van der Waals surface area contributed by atoms with Gasteiger partial charge in [-0.1, -0.05) is 37.3 Å². The van der Waals surface area contributed by atoms with Crippen molar-refractivity contribution in [3.8, 4) is 0 Å². The number of piperidine rings is 1. The van der Waals surface area contributed by atoms with Gasteiger partial charge < -0.3 is 20.6 Å². The number of amides is 2. The maximum Gasteiger partial charge on any atom is 0.407 e. The summed E-state index contributed by atoms with van der Waals surface area (Å²) >= 11 is 0. The minimum absolute atomic E-state index is 0.0319. The first kappa shape index (κ1) is 24.6. The molecule has 33 heavy (non-hydrogen) atoms. The first-order valence-corrected chi connectivity index (χ1v) is 11.5. The molecule has 0 saturated carbocycles. The number of hydrogen-bond donors (Lipinski definition) is 3. The first-order chi connectivity index (χ1) is 15.8. The Hall–Kier alpha value is -3.00. The largest absolute Gasteiger partial charge is 0.465 e. The predicted octanol–water partition coefficient (Wildman–Crippen LogP) is 3.94. The molecule has 1 saturated heterocycles. The lowest BCUT2D eigenvalue weighted by Crippen LogP contribution is -2.47. The molecule has 178 valence electrons. The number of alkyl halides is 1. The molecule has 1 aromatic carbocycles. The van der Waals surface area contributed by atoms with Gasteiger partial charge in [-0.15, -0.1) is 0 Å². The van der Waals surface area contributed by atoms with E-state index in [1.807, 2.05) is 36.4 Å². The third-order valence-corrected chi connectivity index (χ3v) is 6.21. The van der Waals surface area contributed by atoms with E-state index in [1.165, 1.54) is 4.90 Å². The Morgan fingerprint density at radius 1 is 1.27 bits per heavy atom. The standard InChI is InChI=1S/C25H33FN4O3/c1-18(20-8-4-3-5-9-20)21-14-19(15-22(29-21)23(31)27-2)16-28-12-6-10-25(26)11-7-13-30(17-25)24(32)33/h3-5,8-9,14-15,18,28H,6-7,10-13,16-17H2,1-2H3,(H,27,31)(H,32,33). The monoisotopic (exact) mass is 456 g/mol. The Kier molecular flexibility index (Phi) is 8.38. The Morgan fingerprint density at radius 3 is 2.73 bits per heavy atom. The number of nitrogens with zero attached hydrogens (tertiary/aromatic N) is 2. The maximum atomic E-state index is 15.0. The van der Waals surface area contributed by atoms with E-state index in [1.54, 1.807) is 13.1 Å². The molecule has 3 N–H and O–H groups in total. The summed E-state index contributed by atoms with van der Waals surface area (Å²) in [6.07, 6.45) is 0.819. The highest BCUT2D eigenvalue weighted by Crippen LogP contribution is 2.30. The van der Waals surface area contributed by atoms with Gasteiger partial charge in [0.1, 0.15) is 11.4 Å². The molecule has 1 fully saturated rings. The lowest BCUT2D eigenvalue weighted by atomic mass is 9.90. The summed E-state index contributed by atoms with van der Waals surface area (Å²) in [5.74, 6) is -0.206. The van der Waals surface area contributed by atoms with Crippen LogP contribution in [0.25, 0.3) is 0 Å². The molecule has 0 aliphatic carbocycles. The van der Waals surface area contributed by atoms with Gasteiger partial charge in [0.15, 0.2) is 0 Å². The second-order valence-electron chi connectivity index (χ2n) is 8.74. The van der Waals surface area contributed by atoms with Gasteiger partial charge in [0, 0.05) is 31.7 Å². The van der Waals surface area contributed by atoms with E-state index in [0.29, 0.717) is 51.0 Å². The number of nitrogens with one attached hydrogen (secondary N) is 2. The molecule has 1 aromatic heterocycles. The third kappa shape index (κ3) is 6.74. The number of likely N-dealkylation sites (tertiary alicyclic amines) is 1. The van der Waals surface area contributed by atoms with Gasteiger partial charge in [0.05, 0.1) is 6.54 Å². The second-order valence-corrected chi connectivity index (χ2v) is 8.74. The van der Waals surface area contributed by atoms with Crippen molar-refractivity contribution < 1.29 is 19.1 Å². The van der Waals surface area contributed by atoms with E-state index in [9.17, 15) is 9.59 Å². The molecule has 1 aliphatic heterocycles. The number of halogens is 1. The van der Waals surface area contributed by atoms with E-state index in [4.69, 9.17) is 5.11 Å². The summed E-state index contributed by atoms with van der Waals surface area (Å²) < 4.78 is 15.0. The molecular weight excluding hydrogens is 423 g/mol. The van der Waals surface area contributed by atoms with E-state index in [2.05, 4.69) is 22.5 Å². The van der Waals surface area contributed by atoms with Gasteiger partial charge in [0.2, 0.25) is 0 Å². The van der Waals surface area contributed by atoms with E-state index >= 15 is 4.39 Å². The molecule has 2 unspecified atom stereocenters. The summed E-state index contributed by atoms with van der Waals surface area (Å²) in [5.41, 5.74) is 1.78. The number of carbonyl (C=O) groups excluding carboxylic acids is 1. The number of rotatable bonds is 9. The molecule has 1 aliphatic rings. The van der Waals surface area contributed by atoms with Crippen molar-refractivity contribution in [2.75, 3.05) is 26.7 Å². The number of benzene rings is 1. The van der Waals surface area contributed by atoms with Crippen molar-refractivity contribution >= 4 is 12.0 Å². The van der Waals surface area contributed by atoms with Crippen LogP contribution in [-0.2, 0) is 6.54 Å². The number of pyridine rings is 1. The Bertz CT molecular complexity index is 956. The summed E-state index contributed by atoms with van der Waals surface area (Å²) in [6.45, 7) is 3.54. The third-order valence-electron chi connectivity index (χ3n) is 6.21. The topological polar surface area (TPSA) is 94.6 Å². The molecular formula is C25H33FN4O3. The van der Waals surface area contributed by atoms with Crippen LogP contribution >= 0.6 is 0 Å². The number of hydrogen-bond acceptors (Lipinski definition) is 4. The fourth-order valence-corrected chi connectivity index (χ4v) is 4.31. The van der Waals surface area contributed by atoms with Crippen LogP contribution in [0.4, 0.5) is 9.18 Å². The Labute approximate surface area is 194 Å². The molecule has 3 rings (SSSR count). The zero-order chi connectivity index (χ0) is 23.8. The lowest BCUT2D eigenvalue weighted by Gasteiger charge is -2.36. The average molecular weight is 457 g/mol. The van der Waals surface area contributed by atoms with Crippen LogP contribution in [-0.4, -0.2) is 59.3 Å². The van der Waals surface area contributed by atoms with Crippen LogP contribution in [0.1, 0.15) is 65.8 Å². The quantitative estimate of drug-likeness (QED) is 0.497. The van der Waals surface area contributed by atoms with Crippen molar-refractivity contribution in [3.05, 3.63) is 65.0 Å². The van der Waals surface area contributed by atoms with E-state index in [-0.39, 0.29) is 18.4 Å². The minimum Gasteiger partial charge on any atom is -0.465 e. The van der Waals surface area contributed by atoms with Gasteiger partial charge in [-0.25, -0.2) is 14.2 Å². The van der Waals surface area contributed by atoms with Gasteiger partial charge in [-0.2, -0.15) is 0 Å². The molecule has 7 nitrogen and oxygen atoms in total. The van der Waals surface area contributed by atoms with Gasteiger partial charge >= 0.3 is 6.09 Å². The van der Waals surface area contributed by atoms with Crippen LogP contribution in [0.3, 0.4) is 0 Å². The molecule has 2 amide bonds. The fraction of sp³-hybridized carbons (Fsp3) is 0.480. The number of carboxylic acid groups (broad SMARTS) is 1.